The molecule has 2 heterocycles. The van der Waals surface area contributed by atoms with Gasteiger partial charge in [-0.15, -0.1) is 5.92 Å². The van der Waals surface area contributed by atoms with Crippen molar-refractivity contribution >= 4 is 11.7 Å². The molecule has 3 N–H and O–H groups in total. The summed E-state index contributed by atoms with van der Waals surface area (Å²) in [6.07, 6.45) is 9.26. The zero-order chi connectivity index (χ0) is 26.2. The van der Waals surface area contributed by atoms with Crippen LogP contribution in [0.1, 0.15) is 74.2 Å². The molecule has 1 aliphatic heterocycles. The number of carbonyl (C=O) groups is 1. The molecule has 0 radical (unpaired) electrons. The number of hydrogen-bond acceptors (Lipinski definition) is 5. The van der Waals surface area contributed by atoms with Gasteiger partial charge in [0.25, 0.3) is 11.5 Å². The summed E-state index contributed by atoms with van der Waals surface area (Å²) in [5.41, 5.74) is 6.63. The SMILES string of the molecule is CC#CCn1c(N2CCC[C@@H](N)C2)cc(=O)n(Cc2cccc(C(=O)NCCC3CCCCC3)c2)c1=O. The molecule has 2 aromatic rings. The summed E-state index contributed by atoms with van der Waals surface area (Å²) in [4.78, 5) is 41.4. The Morgan fingerprint density at radius 3 is 2.65 bits per heavy atom. The van der Waals surface area contributed by atoms with Gasteiger partial charge in [0.2, 0.25) is 0 Å². The monoisotopic (exact) mass is 505 g/mol. The standard InChI is InChI=1S/C29H39N5O3/c1-2-3-17-33-26(32-16-8-13-25(30)21-32)19-27(35)34(29(33)37)20-23-11-7-12-24(18-23)28(36)31-15-14-22-9-5-4-6-10-22/h7,11-12,18-19,22,25H,4-6,8-10,13-17,20-21,30H2,1H3,(H,31,36)/t25-/m1/s1. The molecule has 1 atom stereocenters. The number of anilines is 1. The Bertz CT molecular complexity index is 1260. The van der Waals surface area contributed by atoms with E-state index in [-0.39, 0.29) is 30.6 Å². The number of carbonyl (C=O) groups excluding carboxylic acids is 1. The minimum atomic E-state index is -0.410. The molecule has 1 aromatic carbocycles. The molecule has 1 saturated carbocycles. The fraction of sp³-hybridized carbons (Fsp3) is 0.552. The van der Waals surface area contributed by atoms with E-state index in [1.807, 2.05) is 11.0 Å². The van der Waals surface area contributed by atoms with Crippen molar-refractivity contribution in [2.24, 2.45) is 11.7 Å². The Balaban J connectivity index is 1.51. The average Bonchev–Trinajstić information content (AvgIpc) is 2.91. The van der Waals surface area contributed by atoms with Crippen molar-refractivity contribution in [1.82, 2.24) is 14.5 Å². The van der Waals surface area contributed by atoms with E-state index in [4.69, 9.17) is 5.73 Å². The smallest absolute Gasteiger partial charge is 0.333 e. The van der Waals surface area contributed by atoms with E-state index in [1.165, 1.54) is 42.7 Å². The van der Waals surface area contributed by atoms with E-state index in [2.05, 4.69) is 17.2 Å². The molecule has 1 saturated heterocycles. The lowest BCUT2D eigenvalue weighted by molar-refractivity contribution is 0.0950. The zero-order valence-electron chi connectivity index (χ0n) is 21.9. The van der Waals surface area contributed by atoms with E-state index in [0.717, 1.165) is 31.4 Å². The molecule has 8 heteroatoms. The number of aromatic nitrogens is 2. The van der Waals surface area contributed by atoms with Crippen LogP contribution in [-0.4, -0.2) is 40.7 Å². The maximum Gasteiger partial charge on any atom is 0.333 e. The molecule has 4 rings (SSSR count). The number of hydrogen-bond donors (Lipinski definition) is 2. The van der Waals surface area contributed by atoms with Crippen molar-refractivity contribution < 1.29 is 4.79 Å². The highest BCUT2D eigenvalue weighted by Crippen LogP contribution is 2.25. The summed E-state index contributed by atoms with van der Waals surface area (Å²) >= 11 is 0. The molecule has 0 unspecified atom stereocenters. The Kier molecular flexibility index (Phi) is 9.24. The van der Waals surface area contributed by atoms with Crippen LogP contribution in [0.25, 0.3) is 0 Å². The third kappa shape index (κ3) is 6.92. The first-order valence-corrected chi connectivity index (χ1v) is 13.6. The molecule has 1 aromatic heterocycles. The third-order valence-electron chi connectivity index (χ3n) is 7.55. The van der Waals surface area contributed by atoms with Crippen LogP contribution in [0.15, 0.2) is 39.9 Å². The maximum atomic E-state index is 13.5. The molecule has 198 valence electrons. The fourth-order valence-electron chi connectivity index (χ4n) is 5.50. The lowest BCUT2D eigenvalue weighted by Gasteiger charge is -2.33. The van der Waals surface area contributed by atoms with Gasteiger partial charge >= 0.3 is 5.69 Å². The Hall–Kier alpha value is -3.31. The highest BCUT2D eigenvalue weighted by atomic mass is 16.2. The summed E-state index contributed by atoms with van der Waals surface area (Å²) in [6.45, 7) is 4.01. The lowest BCUT2D eigenvalue weighted by Crippen LogP contribution is -2.48. The van der Waals surface area contributed by atoms with Crippen molar-refractivity contribution in [3.63, 3.8) is 0 Å². The predicted molar refractivity (Wildman–Crippen MR) is 147 cm³/mol. The highest BCUT2D eigenvalue weighted by molar-refractivity contribution is 5.94. The Labute approximate surface area is 218 Å². The quantitative estimate of drug-likeness (QED) is 0.537. The van der Waals surface area contributed by atoms with Crippen molar-refractivity contribution in [2.75, 3.05) is 24.5 Å². The summed E-state index contributed by atoms with van der Waals surface area (Å²) in [5.74, 6) is 6.94. The van der Waals surface area contributed by atoms with E-state index >= 15 is 0 Å². The number of nitrogens with one attached hydrogen (secondary N) is 1. The second-order valence-electron chi connectivity index (χ2n) is 10.3. The molecular weight excluding hydrogens is 466 g/mol. The molecule has 2 aliphatic rings. The summed E-state index contributed by atoms with van der Waals surface area (Å²) in [7, 11) is 0. The second-order valence-corrected chi connectivity index (χ2v) is 10.3. The van der Waals surface area contributed by atoms with Crippen LogP contribution in [0, 0.1) is 17.8 Å². The van der Waals surface area contributed by atoms with Crippen molar-refractivity contribution in [3.05, 3.63) is 62.3 Å². The molecule has 1 amide bonds. The Morgan fingerprint density at radius 1 is 1.08 bits per heavy atom. The van der Waals surface area contributed by atoms with E-state index in [9.17, 15) is 14.4 Å². The average molecular weight is 506 g/mol. The van der Waals surface area contributed by atoms with Crippen LogP contribution < -0.4 is 27.2 Å². The van der Waals surface area contributed by atoms with Gasteiger partial charge in [-0.05, 0) is 49.8 Å². The van der Waals surface area contributed by atoms with Gasteiger partial charge in [-0.1, -0.05) is 50.2 Å². The number of amides is 1. The minimum absolute atomic E-state index is 0.00791. The van der Waals surface area contributed by atoms with Gasteiger partial charge in [-0.2, -0.15) is 0 Å². The summed E-state index contributed by atoms with van der Waals surface area (Å²) in [5, 5.41) is 3.04. The van der Waals surface area contributed by atoms with E-state index in [0.29, 0.717) is 30.4 Å². The zero-order valence-corrected chi connectivity index (χ0v) is 21.9. The van der Waals surface area contributed by atoms with Crippen LogP contribution in [0.2, 0.25) is 0 Å². The van der Waals surface area contributed by atoms with Gasteiger partial charge in [-0.25, -0.2) is 4.79 Å². The fourth-order valence-corrected chi connectivity index (χ4v) is 5.50. The first-order chi connectivity index (χ1) is 18.0. The van der Waals surface area contributed by atoms with Crippen molar-refractivity contribution in [2.45, 2.75) is 77.4 Å². The van der Waals surface area contributed by atoms with Crippen LogP contribution in [0.4, 0.5) is 5.82 Å². The number of nitrogens with zero attached hydrogens (tertiary/aromatic N) is 3. The summed E-state index contributed by atoms with van der Waals surface area (Å²) < 4.78 is 2.77. The van der Waals surface area contributed by atoms with Gasteiger partial charge in [0.1, 0.15) is 5.82 Å². The second kappa shape index (κ2) is 12.8. The number of nitrogens with two attached hydrogens (primary N) is 1. The van der Waals surface area contributed by atoms with E-state index < -0.39 is 5.69 Å². The van der Waals surface area contributed by atoms with E-state index in [1.54, 1.807) is 29.7 Å². The lowest BCUT2D eigenvalue weighted by atomic mass is 9.87. The van der Waals surface area contributed by atoms with Gasteiger partial charge < -0.3 is 16.0 Å². The van der Waals surface area contributed by atoms with Crippen LogP contribution in [0.3, 0.4) is 0 Å². The number of piperidine rings is 1. The predicted octanol–water partition coefficient (Wildman–Crippen LogP) is 2.71. The molecular formula is C29H39N5O3. The number of benzene rings is 1. The molecule has 2 fully saturated rings. The third-order valence-corrected chi connectivity index (χ3v) is 7.55. The van der Waals surface area contributed by atoms with Gasteiger partial charge in [-0.3, -0.25) is 18.7 Å². The van der Waals surface area contributed by atoms with Gasteiger partial charge in [0, 0.05) is 37.3 Å². The molecule has 0 bridgehead atoms. The van der Waals surface area contributed by atoms with Crippen molar-refractivity contribution in [3.8, 4) is 11.8 Å². The Morgan fingerprint density at radius 2 is 1.89 bits per heavy atom. The normalized spacial score (nSPS) is 18.2. The van der Waals surface area contributed by atoms with Crippen LogP contribution >= 0.6 is 0 Å². The largest absolute Gasteiger partial charge is 0.356 e. The van der Waals surface area contributed by atoms with Crippen LogP contribution in [0.5, 0.6) is 0 Å². The van der Waals surface area contributed by atoms with Crippen LogP contribution in [-0.2, 0) is 13.1 Å². The first-order valence-electron chi connectivity index (χ1n) is 13.6. The molecule has 37 heavy (non-hydrogen) atoms. The first kappa shape index (κ1) is 26.7. The number of rotatable bonds is 8. The molecule has 1 aliphatic carbocycles. The highest BCUT2D eigenvalue weighted by Gasteiger charge is 2.22. The molecule has 8 nitrogen and oxygen atoms in total. The maximum absolute atomic E-state index is 13.5. The van der Waals surface area contributed by atoms with Gasteiger partial charge in [0.05, 0.1) is 13.1 Å². The van der Waals surface area contributed by atoms with Gasteiger partial charge in [0.15, 0.2) is 0 Å². The summed E-state index contributed by atoms with van der Waals surface area (Å²) in [6, 6.07) is 8.67. The minimum Gasteiger partial charge on any atom is -0.356 e. The van der Waals surface area contributed by atoms with Crippen molar-refractivity contribution in [1.29, 1.82) is 0 Å². The topological polar surface area (TPSA) is 102 Å². The molecule has 0 spiro atoms.